The smallest absolute Gasteiger partial charge is 0.222 e. The summed E-state index contributed by atoms with van der Waals surface area (Å²) in [7, 11) is 0. The van der Waals surface area contributed by atoms with Crippen LogP contribution in [0.1, 0.15) is 51.9 Å². The van der Waals surface area contributed by atoms with Crippen molar-refractivity contribution in [2.24, 2.45) is 0 Å². The molecular formula is C15H26N2O. The molecule has 1 saturated heterocycles. The van der Waals surface area contributed by atoms with Crippen molar-refractivity contribution in [1.29, 1.82) is 0 Å². The van der Waals surface area contributed by atoms with Gasteiger partial charge in [-0.05, 0) is 38.6 Å². The van der Waals surface area contributed by atoms with E-state index in [1.165, 1.54) is 12.8 Å². The SMILES string of the molecule is C#CCCCCC(=O)N(CCC)CC1CCCN1. The van der Waals surface area contributed by atoms with Crippen molar-refractivity contribution >= 4 is 5.91 Å². The lowest BCUT2D eigenvalue weighted by molar-refractivity contribution is -0.131. The standard InChI is InChI=1S/C15H26N2O/c1-3-5-6-7-10-15(18)17(12-4-2)13-14-9-8-11-16-14/h1,14,16H,4-13H2,2H3. The first-order valence-corrected chi connectivity index (χ1v) is 7.22. The zero-order valence-electron chi connectivity index (χ0n) is 11.6. The van der Waals surface area contributed by atoms with Crippen LogP contribution in [-0.4, -0.2) is 36.5 Å². The fourth-order valence-electron chi connectivity index (χ4n) is 2.43. The van der Waals surface area contributed by atoms with Crippen LogP contribution in [0.5, 0.6) is 0 Å². The van der Waals surface area contributed by atoms with E-state index in [0.29, 0.717) is 18.4 Å². The number of carbonyl (C=O) groups is 1. The Morgan fingerprint density at radius 2 is 2.33 bits per heavy atom. The molecule has 1 unspecified atom stereocenters. The third-order valence-electron chi connectivity index (χ3n) is 3.41. The number of terminal acetylenes is 1. The van der Waals surface area contributed by atoms with Gasteiger partial charge in [0, 0.05) is 32.0 Å². The number of rotatable bonds is 8. The molecule has 1 rings (SSSR count). The topological polar surface area (TPSA) is 32.3 Å². The van der Waals surface area contributed by atoms with Crippen LogP contribution in [0.3, 0.4) is 0 Å². The zero-order chi connectivity index (χ0) is 13.2. The van der Waals surface area contributed by atoms with Gasteiger partial charge in [0.1, 0.15) is 0 Å². The maximum atomic E-state index is 12.1. The molecule has 0 bridgehead atoms. The molecule has 1 fully saturated rings. The van der Waals surface area contributed by atoms with Crippen LogP contribution in [0.4, 0.5) is 0 Å². The second-order valence-corrected chi connectivity index (χ2v) is 5.04. The Bertz CT molecular complexity index is 277. The quantitative estimate of drug-likeness (QED) is 0.529. The summed E-state index contributed by atoms with van der Waals surface area (Å²) in [4.78, 5) is 14.2. The maximum Gasteiger partial charge on any atom is 0.222 e. The van der Waals surface area contributed by atoms with Crippen molar-refractivity contribution in [3.63, 3.8) is 0 Å². The van der Waals surface area contributed by atoms with Gasteiger partial charge in [0.2, 0.25) is 5.91 Å². The first-order chi connectivity index (χ1) is 8.77. The van der Waals surface area contributed by atoms with Gasteiger partial charge in [-0.3, -0.25) is 4.79 Å². The first-order valence-electron chi connectivity index (χ1n) is 7.22. The van der Waals surface area contributed by atoms with Crippen LogP contribution in [0, 0.1) is 12.3 Å². The summed E-state index contributed by atoms with van der Waals surface area (Å²) in [5.41, 5.74) is 0. The molecular weight excluding hydrogens is 224 g/mol. The minimum Gasteiger partial charge on any atom is -0.341 e. The lowest BCUT2D eigenvalue weighted by Gasteiger charge is -2.25. The summed E-state index contributed by atoms with van der Waals surface area (Å²) < 4.78 is 0. The molecule has 1 amide bonds. The number of carbonyl (C=O) groups excluding carboxylic acids is 1. The molecule has 0 aromatic heterocycles. The third kappa shape index (κ3) is 5.55. The lowest BCUT2D eigenvalue weighted by atomic mass is 10.1. The van der Waals surface area contributed by atoms with Gasteiger partial charge in [-0.1, -0.05) is 6.92 Å². The third-order valence-corrected chi connectivity index (χ3v) is 3.41. The van der Waals surface area contributed by atoms with Gasteiger partial charge in [0.25, 0.3) is 0 Å². The largest absolute Gasteiger partial charge is 0.341 e. The highest BCUT2D eigenvalue weighted by Crippen LogP contribution is 2.10. The van der Waals surface area contributed by atoms with Gasteiger partial charge in [-0.25, -0.2) is 0 Å². The molecule has 18 heavy (non-hydrogen) atoms. The minimum absolute atomic E-state index is 0.294. The Morgan fingerprint density at radius 1 is 1.50 bits per heavy atom. The van der Waals surface area contributed by atoms with E-state index in [-0.39, 0.29) is 0 Å². The van der Waals surface area contributed by atoms with Crippen LogP contribution in [0.2, 0.25) is 0 Å². The van der Waals surface area contributed by atoms with Crippen LogP contribution in [0.25, 0.3) is 0 Å². The second-order valence-electron chi connectivity index (χ2n) is 5.04. The summed E-state index contributed by atoms with van der Waals surface area (Å²) in [5, 5.41) is 3.46. The van der Waals surface area contributed by atoms with Crippen LogP contribution < -0.4 is 5.32 Å². The first kappa shape index (κ1) is 15.0. The van der Waals surface area contributed by atoms with Gasteiger partial charge in [-0.2, -0.15) is 0 Å². The van der Waals surface area contributed by atoms with E-state index in [4.69, 9.17) is 6.42 Å². The van der Waals surface area contributed by atoms with E-state index in [0.717, 1.165) is 45.3 Å². The molecule has 0 spiro atoms. The number of amides is 1. The molecule has 0 aromatic carbocycles. The van der Waals surface area contributed by atoms with E-state index in [9.17, 15) is 4.79 Å². The van der Waals surface area contributed by atoms with Crippen molar-refractivity contribution in [2.45, 2.75) is 57.9 Å². The number of unbranched alkanes of at least 4 members (excludes halogenated alkanes) is 2. The highest BCUT2D eigenvalue weighted by atomic mass is 16.2. The molecule has 0 aromatic rings. The number of hydrogen-bond donors (Lipinski definition) is 1. The van der Waals surface area contributed by atoms with Crippen molar-refractivity contribution in [3.05, 3.63) is 0 Å². The Labute approximate surface area is 111 Å². The number of nitrogens with one attached hydrogen (secondary N) is 1. The lowest BCUT2D eigenvalue weighted by Crippen LogP contribution is -2.41. The highest BCUT2D eigenvalue weighted by Gasteiger charge is 2.20. The predicted octanol–water partition coefficient (Wildman–Crippen LogP) is 2.17. The molecule has 1 N–H and O–H groups in total. The molecule has 1 aliphatic rings. The summed E-state index contributed by atoms with van der Waals surface area (Å²) in [6, 6.07) is 0.506. The monoisotopic (exact) mass is 250 g/mol. The van der Waals surface area contributed by atoms with Crippen molar-refractivity contribution < 1.29 is 4.79 Å². The molecule has 3 nitrogen and oxygen atoms in total. The van der Waals surface area contributed by atoms with Gasteiger partial charge in [0.05, 0.1) is 0 Å². The van der Waals surface area contributed by atoms with E-state index < -0.39 is 0 Å². The van der Waals surface area contributed by atoms with Crippen molar-refractivity contribution in [1.82, 2.24) is 10.2 Å². The van der Waals surface area contributed by atoms with Crippen LogP contribution >= 0.6 is 0 Å². The Kier molecular flexibility index (Phi) is 7.52. The Hall–Kier alpha value is -1.01. The summed E-state index contributed by atoms with van der Waals surface area (Å²) in [6.07, 6.45) is 12.0. The van der Waals surface area contributed by atoms with Gasteiger partial charge in [-0.15, -0.1) is 12.3 Å². The summed E-state index contributed by atoms with van der Waals surface area (Å²) >= 11 is 0. The summed E-state index contributed by atoms with van der Waals surface area (Å²) in [6.45, 7) is 4.98. The van der Waals surface area contributed by atoms with E-state index in [1.54, 1.807) is 0 Å². The molecule has 1 heterocycles. The Morgan fingerprint density at radius 3 is 2.94 bits per heavy atom. The highest BCUT2D eigenvalue weighted by molar-refractivity contribution is 5.76. The van der Waals surface area contributed by atoms with Crippen LogP contribution in [-0.2, 0) is 4.79 Å². The number of nitrogens with zero attached hydrogens (tertiary/aromatic N) is 1. The molecule has 0 saturated carbocycles. The molecule has 0 radical (unpaired) electrons. The second kappa shape index (κ2) is 8.99. The summed E-state index contributed by atoms with van der Waals surface area (Å²) in [5.74, 6) is 2.91. The Balaban J connectivity index is 2.29. The van der Waals surface area contributed by atoms with Crippen LogP contribution in [0.15, 0.2) is 0 Å². The molecule has 102 valence electrons. The van der Waals surface area contributed by atoms with Crippen molar-refractivity contribution in [2.75, 3.05) is 19.6 Å². The molecule has 3 heteroatoms. The average Bonchev–Trinajstić information content (AvgIpc) is 2.87. The van der Waals surface area contributed by atoms with E-state index in [2.05, 4.69) is 18.2 Å². The average molecular weight is 250 g/mol. The van der Waals surface area contributed by atoms with Crippen molar-refractivity contribution in [3.8, 4) is 12.3 Å². The van der Waals surface area contributed by atoms with Gasteiger partial charge in [0.15, 0.2) is 0 Å². The normalized spacial score (nSPS) is 18.6. The predicted molar refractivity (Wildman–Crippen MR) is 75.2 cm³/mol. The molecule has 0 aliphatic carbocycles. The van der Waals surface area contributed by atoms with Gasteiger partial charge >= 0.3 is 0 Å². The maximum absolute atomic E-state index is 12.1. The molecule has 1 aliphatic heterocycles. The zero-order valence-corrected chi connectivity index (χ0v) is 11.6. The van der Waals surface area contributed by atoms with E-state index >= 15 is 0 Å². The fraction of sp³-hybridized carbons (Fsp3) is 0.800. The van der Waals surface area contributed by atoms with E-state index in [1.807, 2.05) is 4.90 Å². The fourth-order valence-corrected chi connectivity index (χ4v) is 2.43. The minimum atomic E-state index is 0.294. The number of hydrogen-bond acceptors (Lipinski definition) is 2. The van der Waals surface area contributed by atoms with Gasteiger partial charge < -0.3 is 10.2 Å². The molecule has 1 atom stereocenters.